The molecular weight excluding hydrogens is 250 g/mol. The largest absolute Gasteiger partial charge is 0.481 e. The highest BCUT2D eigenvalue weighted by molar-refractivity contribution is 5.75. The predicted molar refractivity (Wildman–Crippen MR) is 78.6 cm³/mol. The van der Waals surface area contributed by atoms with Crippen molar-refractivity contribution in [2.75, 3.05) is 6.54 Å². The Bertz CT molecular complexity index is 474. The zero-order chi connectivity index (χ0) is 14.1. The lowest BCUT2D eigenvalue weighted by atomic mass is 10.00. The summed E-state index contributed by atoms with van der Waals surface area (Å²) < 4.78 is 0. The maximum Gasteiger partial charge on any atom is 0.310 e. The van der Waals surface area contributed by atoms with E-state index in [1.54, 1.807) is 6.92 Å². The first-order valence-corrected chi connectivity index (χ1v) is 7.69. The summed E-state index contributed by atoms with van der Waals surface area (Å²) in [6, 6.07) is 8.93. The van der Waals surface area contributed by atoms with E-state index >= 15 is 0 Å². The third-order valence-electron chi connectivity index (χ3n) is 4.49. The number of nitrogens with zero attached hydrogens (tertiary/aromatic N) is 1. The molecule has 2 aliphatic rings. The first-order chi connectivity index (χ1) is 9.63. The second-order valence-electron chi connectivity index (χ2n) is 6.41. The van der Waals surface area contributed by atoms with Crippen molar-refractivity contribution >= 4 is 5.97 Å². The molecule has 20 heavy (non-hydrogen) atoms. The molecule has 3 heteroatoms. The monoisotopic (exact) mass is 273 g/mol. The van der Waals surface area contributed by atoms with Gasteiger partial charge in [0.25, 0.3) is 0 Å². The molecule has 0 heterocycles. The summed E-state index contributed by atoms with van der Waals surface area (Å²) in [7, 11) is 0. The normalized spacial score (nSPS) is 20.1. The molecule has 0 aliphatic heterocycles. The summed E-state index contributed by atoms with van der Waals surface area (Å²) in [5.41, 5.74) is 2.19. The van der Waals surface area contributed by atoms with Crippen LogP contribution in [0, 0.1) is 5.92 Å². The smallest absolute Gasteiger partial charge is 0.310 e. The molecule has 108 valence electrons. The lowest BCUT2D eigenvalue weighted by molar-refractivity contribution is -0.138. The number of aliphatic carboxylic acids is 1. The fourth-order valence-electron chi connectivity index (χ4n) is 2.70. The van der Waals surface area contributed by atoms with Gasteiger partial charge in [-0.25, -0.2) is 0 Å². The number of benzene rings is 1. The topological polar surface area (TPSA) is 40.5 Å². The molecule has 0 radical (unpaired) electrons. The molecule has 3 nitrogen and oxygen atoms in total. The van der Waals surface area contributed by atoms with Crippen molar-refractivity contribution in [3.63, 3.8) is 0 Å². The molecule has 0 aromatic heterocycles. The standard InChI is InChI=1S/C17H23NO2/c1-12(17(19)20)15-6-4-14(5-7-15)11-18(16-8-9-16)10-13-2-3-13/h4-7,12-13,16H,2-3,8-11H2,1H3,(H,19,20). The average Bonchev–Trinajstić information content (AvgIpc) is 3.30. The van der Waals surface area contributed by atoms with Crippen molar-refractivity contribution in [1.82, 2.24) is 4.90 Å². The highest BCUT2D eigenvalue weighted by Crippen LogP contribution is 2.35. The summed E-state index contributed by atoms with van der Waals surface area (Å²) in [5.74, 6) is -0.247. The predicted octanol–water partition coefficient (Wildman–Crippen LogP) is 3.25. The zero-order valence-corrected chi connectivity index (χ0v) is 12.1. The Morgan fingerprint density at radius 1 is 1.25 bits per heavy atom. The van der Waals surface area contributed by atoms with Gasteiger partial charge in [-0.15, -0.1) is 0 Å². The van der Waals surface area contributed by atoms with Gasteiger partial charge in [0.2, 0.25) is 0 Å². The van der Waals surface area contributed by atoms with E-state index in [0.29, 0.717) is 0 Å². The first kappa shape index (κ1) is 13.6. The van der Waals surface area contributed by atoms with E-state index < -0.39 is 11.9 Å². The zero-order valence-electron chi connectivity index (χ0n) is 12.1. The van der Waals surface area contributed by atoms with Gasteiger partial charge < -0.3 is 5.11 Å². The molecule has 1 unspecified atom stereocenters. The molecule has 0 amide bonds. The molecule has 1 N–H and O–H groups in total. The maximum atomic E-state index is 11.0. The number of carbonyl (C=O) groups is 1. The van der Waals surface area contributed by atoms with Crippen LogP contribution in [0.25, 0.3) is 0 Å². The van der Waals surface area contributed by atoms with Gasteiger partial charge in [-0.05, 0) is 49.7 Å². The molecule has 1 aromatic carbocycles. The Labute approximate surface area is 120 Å². The fraction of sp³-hybridized carbons (Fsp3) is 0.588. The summed E-state index contributed by atoms with van der Waals surface area (Å²) >= 11 is 0. The van der Waals surface area contributed by atoms with Gasteiger partial charge in [0.15, 0.2) is 0 Å². The van der Waals surface area contributed by atoms with Crippen molar-refractivity contribution in [1.29, 1.82) is 0 Å². The van der Waals surface area contributed by atoms with Crippen LogP contribution in [0.2, 0.25) is 0 Å². The first-order valence-electron chi connectivity index (χ1n) is 7.69. The molecule has 0 bridgehead atoms. The van der Waals surface area contributed by atoms with Crippen molar-refractivity contribution < 1.29 is 9.90 Å². The van der Waals surface area contributed by atoms with Gasteiger partial charge in [0, 0.05) is 19.1 Å². The Morgan fingerprint density at radius 2 is 1.90 bits per heavy atom. The van der Waals surface area contributed by atoms with Crippen molar-refractivity contribution in [2.24, 2.45) is 5.92 Å². The van der Waals surface area contributed by atoms with Crippen LogP contribution in [-0.2, 0) is 11.3 Å². The third kappa shape index (κ3) is 3.40. The van der Waals surface area contributed by atoms with Gasteiger partial charge in [-0.3, -0.25) is 9.69 Å². The van der Waals surface area contributed by atoms with Crippen molar-refractivity contribution in [2.45, 2.75) is 51.1 Å². The van der Waals surface area contributed by atoms with E-state index in [1.807, 2.05) is 12.1 Å². The van der Waals surface area contributed by atoms with Gasteiger partial charge in [-0.2, -0.15) is 0 Å². The lowest BCUT2D eigenvalue weighted by Gasteiger charge is -2.22. The highest BCUT2D eigenvalue weighted by Gasteiger charge is 2.33. The molecular formula is C17H23NO2. The average molecular weight is 273 g/mol. The summed E-state index contributed by atoms with van der Waals surface area (Å²) in [5, 5.41) is 9.03. The summed E-state index contributed by atoms with van der Waals surface area (Å²) in [4.78, 5) is 13.6. The second kappa shape index (κ2) is 5.57. The maximum absolute atomic E-state index is 11.0. The van der Waals surface area contributed by atoms with Gasteiger partial charge >= 0.3 is 5.97 Å². The molecule has 3 rings (SSSR count). The minimum absolute atomic E-state index is 0.421. The molecule has 2 fully saturated rings. The minimum atomic E-state index is -0.758. The molecule has 1 aromatic rings. The van der Waals surface area contributed by atoms with Crippen LogP contribution in [-0.4, -0.2) is 28.6 Å². The van der Waals surface area contributed by atoms with Crippen molar-refractivity contribution in [3.8, 4) is 0 Å². The number of hydrogen-bond acceptors (Lipinski definition) is 2. The lowest BCUT2D eigenvalue weighted by Crippen LogP contribution is -2.27. The van der Waals surface area contributed by atoms with Gasteiger partial charge in [0.1, 0.15) is 0 Å². The van der Waals surface area contributed by atoms with Crippen LogP contribution in [0.15, 0.2) is 24.3 Å². The minimum Gasteiger partial charge on any atom is -0.481 e. The number of carboxylic acid groups (broad SMARTS) is 1. The summed E-state index contributed by atoms with van der Waals surface area (Å²) in [6.07, 6.45) is 5.50. The summed E-state index contributed by atoms with van der Waals surface area (Å²) in [6.45, 7) is 4.00. The third-order valence-corrected chi connectivity index (χ3v) is 4.49. The number of carboxylic acids is 1. The van der Waals surface area contributed by atoms with E-state index in [4.69, 9.17) is 5.11 Å². The van der Waals surface area contributed by atoms with Crippen LogP contribution in [0.1, 0.15) is 49.7 Å². The molecule has 2 saturated carbocycles. The van der Waals surface area contributed by atoms with Gasteiger partial charge in [-0.1, -0.05) is 24.3 Å². The molecule has 1 atom stereocenters. The Balaban J connectivity index is 1.62. The Hall–Kier alpha value is -1.35. The Morgan fingerprint density at radius 3 is 2.40 bits per heavy atom. The van der Waals surface area contributed by atoms with Crippen LogP contribution in [0.5, 0.6) is 0 Å². The fourth-order valence-corrected chi connectivity index (χ4v) is 2.70. The quantitative estimate of drug-likeness (QED) is 0.829. The molecule has 2 aliphatic carbocycles. The SMILES string of the molecule is CC(C(=O)O)c1ccc(CN(CC2CC2)C2CC2)cc1. The molecule has 0 saturated heterocycles. The van der Waals surface area contributed by atoms with Crippen molar-refractivity contribution in [3.05, 3.63) is 35.4 Å². The second-order valence-corrected chi connectivity index (χ2v) is 6.41. The molecule has 0 spiro atoms. The number of rotatable bonds is 7. The van der Waals surface area contributed by atoms with E-state index in [0.717, 1.165) is 24.1 Å². The van der Waals surface area contributed by atoms with E-state index in [1.165, 1.54) is 37.8 Å². The van der Waals surface area contributed by atoms with Crippen LogP contribution >= 0.6 is 0 Å². The highest BCUT2D eigenvalue weighted by atomic mass is 16.4. The van der Waals surface area contributed by atoms with Crippen LogP contribution < -0.4 is 0 Å². The van der Waals surface area contributed by atoms with Crippen LogP contribution in [0.3, 0.4) is 0 Å². The van der Waals surface area contributed by atoms with E-state index in [-0.39, 0.29) is 0 Å². The van der Waals surface area contributed by atoms with E-state index in [9.17, 15) is 4.79 Å². The Kier molecular flexibility index (Phi) is 3.79. The van der Waals surface area contributed by atoms with Crippen LogP contribution in [0.4, 0.5) is 0 Å². The number of hydrogen-bond donors (Lipinski definition) is 1. The van der Waals surface area contributed by atoms with E-state index in [2.05, 4.69) is 17.0 Å². The van der Waals surface area contributed by atoms with Gasteiger partial charge in [0.05, 0.1) is 5.92 Å².